The van der Waals surface area contributed by atoms with Crippen LogP contribution in [0.4, 0.5) is 0 Å². The maximum absolute atomic E-state index is 12.0. The lowest BCUT2D eigenvalue weighted by Gasteiger charge is -2.00. The van der Waals surface area contributed by atoms with Gasteiger partial charge in [0, 0.05) is 36.5 Å². The molecule has 0 saturated heterocycles. The predicted octanol–water partition coefficient (Wildman–Crippen LogP) is 2.05. The molecule has 0 aliphatic carbocycles. The van der Waals surface area contributed by atoms with E-state index in [4.69, 9.17) is 9.26 Å². The Balaban J connectivity index is 1.60. The van der Waals surface area contributed by atoms with Gasteiger partial charge in [-0.1, -0.05) is 5.16 Å². The SMILES string of the molecule is COc1ccc(-c2cc(C(=O)NCCc3cnc[nH]3)on2)cc1. The highest BCUT2D eigenvalue weighted by Crippen LogP contribution is 2.22. The number of hydrogen-bond acceptors (Lipinski definition) is 5. The van der Waals surface area contributed by atoms with Gasteiger partial charge in [-0.25, -0.2) is 4.98 Å². The molecular formula is C16H16N4O3. The Morgan fingerprint density at radius 2 is 2.17 bits per heavy atom. The summed E-state index contributed by atoms with van der Waals surface area (Å²) >= 11 is 0. The van der Waals surface area contributed by atoms with Gasteiger partial charge >= 0.3 is 0 Å². The minimum absolute atomic E-state index is 0.181. The van der Waals surface area contributed by atoms with Gasteiger partial charge in [-0.2, -0.15) is 0 Å². The third-order valence-electron chi connectivity index (χ3n) is 3.35. The largest absolute Gasteiger partial charge is 0.497 e. The maximum atomic E-state index is 12.0. The number of H-pyrrole nitrogens is 1. The monoisotopic (exact) mass is 312 g/mol. The first kappa shape index (κ1) is 14.8. The molecule has 0 fully saturated rings. The first-order chi connectivity index (χ1) is 11.3. The highest BCUT2D eigenvalue weighted by Gasteiger charge is 2.13. The molecule has 0 radical (unpaired) electrons. The molecule has 0 bridgehead atoms. The zero-order valence-corrected chi connectivity index (χ0v) is 12.6. The van der Waals surface area contributed by atoms with Crippen molar-refractivity contribution in [3.05, 3.63) is 54.3 Å². The smallest absolute Gasteiger partial charge is 0.289 e. The van der Waals surface area contributed by atoms with Crippen molar-refractivity contribution in [1.82, 2.24) is 20.4 Å². The van der Waals surface area contributed by atoms with Crippen LogP contribution >= 0.6 is 0 Å². The zero-order chi connectivity index (χ0) is 16.1. The maximum Gasteiger partial charge on any atom is 0.289 e. The lowest BCUT2D eigenvalue weighted by Crippen LogP contribution is -2.25. The van der Waals surface area contributed by atoms with E-state index in [0.717, 1.165) is 17.0 Å². The molecule has 3 aromatic rings. The number of nitrogens with one attached hydrogen (secondary N) is 2. The molecule has 2 N–H and O–H groups in total. The van der Waals surface area contributed by atoms with Crippen molar-refractivity contribution in [3.8, 4) is 17.0 Å². The second-order valence-corrected chi connectivity index (χ2v) is 4.89. The fourth-order valence-electron chi connectivity index (χ4n) is 2.10. The Morgan fingerprint density at radius 3 is 2.87 bits per heavy atom. The van der Waals surface area contributed by atoms with Crippen LogP contribution in [0, 0.1) is 0 Å². The van der Waals surface area contributed by atoms with E-state index >= 15 is 0 Å². The number of imidazole rings is 1. The van der Waals surface area contributed by atoms with E-state index in [1.807, 2.05) is 24.3 Å². The number of nitrogens with zero attached hydrogens (tertiary/aromatic N) is 2. The Morgan fingerprint density at radius 1 is 1.35 bits per heavy atom. The van der Waals surface area contributed by atoms with Crippen molar-refractivity contribution < 1.29 is 14.1 Å². The minimum atomic E-state index is -0.295. The number of aromatic amines is 1. The van der Waals surface area contributed by atoms with Crippen molar-refractivity contribution in [2.24, 2.45) is 0 Å². The summed E-state index contributed by atoms with van der Waals surface area (Å²) in [6, 6.07) is 8.99. The summed E-state index contributed by atoms with van der Waals surface area (Å²) in [6.45, 7) is 0.486. The molecule has 7 heteroatoms. The van der Waals surface area contributed by atoms with Gasteiger partial charge in [0.1, 0.15) is 11.4 Å². The summed E-state index contributed by atoms with van der Waals surface area (Å²) in [7, 11) is 1.61. The lowest BCUT2D eigenvalue weighted by atomic mass is 10.1. The topological polar surface area (TPSA) is 93.0 Å². The molecule has 23 heavy (non-hydrogen) atoms. The standard InChI is InChI=1S/C16H16N4O3/c1-22-13-4-2-11(3-5-13)14-8-15(23-20-14)16(21)18-7-6-12-9-17-10-19-12/h2-5,8-10H,6-7H2,1H3,(H,17,19)(H,18,21). The van der Waals surface area contributed by atoms with Crippen LogP contribution in [-0.2, 0) is 6.42 Å². The summed E-state index contributed by atoms with van der Waals surface area (Å²) in [5.41, 5.74) is 2.42. The molecule has 7 nitrogen and oxygen atoms in total. The fourth-order valence-corrected chi connectivity index (χ4v) is 2.10. The van der Waals surface area contributed by atoms with Gasteiger partial charge in [-0.15, -0.1) is 0 Å². The molecule has 0 unspecified atom stereocenters. The van der Waals surface area contributed by atoms with Gasteiger partial charge in [-0.05, 0) is 24.3 Å². The summed E-state index contributed by atoms with van der Waals surface area (Å²) in [5.74, 6) is 0.645. The van der Waals surface area contributed by atoms with E-state index < -0.39 is 0 Å². The minimum Gasteiger partial charge on any atom is -0.497 e. The predicted molar refractivity (Wildman–Crippen MR) is 83.1 cm³/mol. The van der Waals surface area contributed by atoms with Crippen LogP contribution in [0.15, 0.2) is 47.4 Å². The molecule has 3 rings (SSSR count). The average Bonchev–Trinajstić information content (AvgIpc) is 3.26. The van der Waals surface area contributed by atoms with Crippen LogP contribution in [0.5, 0.6) is 5.75 Å². The van der Waals surface area contributed by atoms with Crippen molar-refractivity contribution in [3.63, 3.8) is 0 Å². The molecule has 118 valence electrons. The van der Waals surface area contributed by atoms with E-state index in [-0.39, 0.29) is 11.7 Å². The molecule has 0 saturated carbocycles. The Kier molecular flexibility index (Phi) is 4.37. The normalized spacial score (nSPS) is 10.5. The summed E-state index contributed by atoms with van der Waals surface area (Å²) in [6.07, 6.45) is 4.00. The fraction of sp³-hybridized carbons (Fsp3) is 0.188. The van der Waals surface area contributed by atoms with Crippen LogP contribution in [0.1, 0.15) is 16.2 Å². The van der Waals surface area contributed by atoms with Gasteiger partial charge in [0.05, 0.1) is 13.4 Å². The number of aromatic nitrogens is 3. The highest BCUT2D eigenvalue weighted by atomic mass is 16.5. The molecule has 1 aromatic carbocycles. The quantitative estimate of drug-likeness (QED) is 0.726. The first-order valence-electron chi connectivity index (χ1n) is 7.13. The number of benzene rings is 1. The average molecular weight is 312 g/mol. The van der Waals surface area contributed by atoms with Gasteiger partial charge in [0.2, 0.25) is 5.76 Å². The molecule has 0 aliphatic rings. The number of rotatable bonds is 6. The summed E-state index contributed by atoms with van der Waals surface area (Å²) in [4.78, 5) is 18.9. The van der Waals surface area contributed by atoms with Gasteiger partial charge < -0.3 is 19.6 Å². The van der Waals surface area contributed by atoms with Gasteiger partial charge in [-0.3, -0.25) is 4.79 Å². The van der Waals surface area contributed by atoms with Crippen LogP contribution in [0.25, 0.3) is 11.3 Å². The zero-order valence-electron chi connectivity index (χ0n) is 12.6. The van der Waals surface area contributed by atoms with Crippen LogP contribution in [-0.4, -0.2) is 34.7 Å². The number of hydrogen-bond donors (Lipinski definition) is 2. The van der Waals surface area contributed by atoms with Crippen molar-refractivity contribution in [1.29, 1.82) is 0 Å². The number of ether oxygens (including phenoxy) is 1. The van der Waals surface area contributed by atoms with Crippen molar-refractivity contribution in [2.75, 3.05) is 13.7 Å². The molecular weight excluding hydrogens is 296 g/mol. The van der Waals surface area contributed by atoms with E-state index in [2.05, 4.69) is 20.4 Å². The van der Waals surface area contributed by atoms with E-state index in [0.29, 0.717) is 18.7 Å². The van der Waals surface area contributed by atoms with Crippen molar-refractivity contribution in [2.45, 2.75) is 6.42 Å². The number of amides is 1. The Bertz CT molecular complexity index is 763. The van der Waals surface area contributed by atoms with E-state index in [1.165, 1.54) is 0 Å². The van der Waals surface area contributed by atoms with Crippen molar-refractivity contribution >= 4 is 5.91 Å². The number of carbonyl (C=O) groups excluding carboxylic acids is 1. The van der Waals surface area contributed by atoms with Crippen LogP contribution in [0.2, 0.25) is 0 Å². The summed E-state index contributed by atoms with van der Waals surface area (Å²) in [5, 5.41) is 6.71. The van der Waals surface area contributed by atoms with Gasteiger partial charge in [0.15, 0.2) is 0 Å². The van der Waals surface area contributed by atoms with E-state index in [1.54, 1.807) is 25.7 Å². The molecule has 1 amide bonds. The van der Waals surface area contributed by atoms with E-state index in [9.17, 15) is 4.79 Å². The molecule has 2 heterocycles. The third-order valence-corrected chi connectivity index (χ3v) is 3.35. The molecule has 0 spiro atoms. The second-order valence-electron chi connectivity index (χ2n) is 4.89. The second kappa shape index (κ2) is 6.78. The van der Waals surface area contributed by atoms with Gasteiger partial charge in [0.25, 0.3) is 5.91 Å². The third kappa shape index (κ3) is 3.57. The molecule has 2 aromatic heterocycles. The van der Waals surface area contributed by atoms with Crippen LogP contribution < -0.4 is 10.1 Å². The molecule has 0 atom stereocenters. The Labute approximate surface area is 132 Å². The number of methoxy groups -OCH3 is 1. The summed E-state index contributed by atoms with van der Waals surface area (Å²) < 4.78 is 10.2. The highest BCUT2D eigenvalue weighted by molar-refractivity contribution is 5.92. The number of carbonyl (C=O) groups is 1. The molecule has 0 aliphatic heterocycles. The lowest BCUT2D eigenvalue weighted by molar-refractivity contribution is 0.0917. The Hall–Kier alpha value is -3.09. The van der Waals surface area contributed by atoms with Crippen LogP contribution in [0.3, 0.4) is 0 Å². The first-order valence-corrected chi connectivity index (χ1v) is 7.13.